The summed E-state index contributed by atoms with van der Waals surface area (Å²) in [7, 11) is 1.72. The summed E-state index contributed by atoms with van der Waals surface area (Å²) in [5.41, 5.74) is 5.09. The highest BCUT2D eigenvalue weighted by molar-refractivity contribution is 5.64. The number of allylic oxidation sites excluding steroid dienone is 1. The normalized spacial score (nSPS) is 21.2. The largest absolute Gasteiger partial charge is 0.380 e. The number of hydrogen-bond donors (Lipinski definition) is 0. The van der Waals surface area contributed by atoms with Crippen LogP contribution in [0, 0.1) is 5.92 Å². The van der Waals surface area contributed by atoms with E-state index in [-0.39, 0.29) is 0 Å². The quantitative estimate of drug-likeness (QED) is 0.631. The van der Waals surface area contributed by atoms with Crippen molar-refractivity contribution in [2.24, 2.45) is 5.92 Å². The van der Waals surface area contributed by atoms with Crippen molar-refractivity contribution in [2.75, 3.05) is 7.11 Å². The monoisotopic (exact) mass is 324 g/mol. The van der Waals surface area contributed by atoms with E-state index in [9.17, 15) is 4.39 Å². The van der Waals surface area contributed by atoms with Gasteiger partial charge in [0.2, 0.25) is 0 Å². The van der Waals surface area contributed by atoms with Crippen LogP contribution in [0.3, 0.4) is 0 Å². The molecule has 0 aliphatic heterocycles. The molecule has 2 aromatic carbocycles. The fourth-order valence-electron chi connectivity index (χ4n) is 3.66. The van der Waals surface area contributed by atoms with Gasteiger partial charge in [-0.05, 0) is 59.8 Å². The van der Waals surface area contributed by atoms with E-state index in [0.717, 1.165) is 25.7 Å². The van der Waals surface area contributed by atoms with Gasteiger partial charge in [0, 0.05) is 7.11 Å². The van der Waals surface area contributed by atoms with Gasteiger partial charge in [-0.2, -0.15) is 0 Å². The van der Waals surface area contributed by atoms with E-state index in [1.54, 1.807) is 13.2 Å². The fourth-order valence-corrected chi connectivity index (χ4v) is 3.66. The van der Waals surface area contributed by atoms with Crippen LogP contribution in [0.2, 0.25) is 0 Å². The zero-order chi connectivity index (χ0) is 16.8. The van der Waals surface area contributed by atoms with Gasteiger partial charge in [0.05, 0.1) is 12.9 Å². The second kappa shape index (κ2) is 8.25. The first-order valence-electron chi connectivity index (χ1n) is 8.75. The van der Waals surface area contributed by atoms with Gasteiger partial charge in [0.15, 0.2) is 0 Å². The van der Waals surface area contributed by atoms with Crippen molar-refractivity contribution in [1.29, 1.82) is 0 Å². The van der Waals surface area contributed by atoms with Crippen LogP contribution in [-0.2, 0) is 11.3 Å². The molecular weight excluding hydrogens is 299 g/mol. The lowest BCUT2D eigenvalue weighted by atomic mass is 9.78. The van der Waals surface area contributed by atoms with Crippen molar-refractivity contribution in [2.45, 2.75) is 38.2 Å². The smallest absolute Gasteiger partial charge is 0.0829 e. The second-order valence-corrected chi connectivity index (χ2v) is 6.68. The third-order valence-electron chi connectivity index (χ3n) is 5.10. The first-order chi connectivity index (χ1) is 11.8. The molecule has 2 aromatic rings. The number of rotatable bonds is 5. The molecule has 3 rings (SSSR count). The molecule has 0 amide bonds. The molecule has 0 atom stereocenters. The molecule has 0 saturated heterocycles. The van der Waals surface area contributed by atoms with Crippen LogP contribution in [0.5, 0.6) is 0 Å². The summed E-state index contributed by atoms with van der Waals surface area (Å²) in [5, 5.41) is 0. The Morgan fingerprint density at radius 1 is 0.917 bits per heavy atom. The standard InChI is InChI=1S/C22H25FO/c1-24-16-18-4-8-20(9-5-18)22-12-10-21(11-13-22)19-6-2-17(3-7-19)14-15-23/h4-5,8-15,17,19H,2-3,6-7,16H2,1H3/t17-,19-. The van der Waals surface area contributed by atoms with Crippen molar-refractivity contribution >= 4 is 0 Å². The van der Waals surface area contributed by atoms with Gasteiger partial charge in [0.1, 0.15) is 0 Å². The zero-order valence-corrected chi connectivity index (χ0v) is 14.2. The minimum absolute atomic E-state index is 0.427. The minimum atomic E-state index is 0.427. The average Bonchev–Trinajstić information content (AvgIpc) is 2.64. The van der Waals surface area contributed by atoms with Gasteiger partial charge in [-0.3, -0.25) is 0 Å². The summed E-state index contributed by atoms with van der Waals surface area (Å²) in [6.07, 6.45) is 6.91. The number of methoxy groups -OCH3 is 1. The minimum Gasteiger partial charge on any atom is -0.380 e. The summed E-state index contributed by atoms with van der Waals surface area (Å²) >= 11 is 0. The molecule has 1 aliphatic carbocycles. The van der Waals surface area contributed by atoms with Gasteiger partial charge >= 0.3 is 0 Å². The zero-order valence-electron chi connectivity index (χ0n) is 14.2. The Morgan fingerprint density at radius 2 is 1.50 bits per heavy atom. The van der Waals surface area contributed by atoms with Crippen LogP contribution in [0.25, 0.3) is 11.1 Å². The van der Waals surface area contributed by atoms with E-state index in [4.69, 9.17) is 4.74 Å². The van der Waals surface area contributed by atoms with E-state index in [1.165, 1.54) is 22.3 Å². The van der Waals surface area contributed by atoms with Crippen LogP contribution in [-0.4, -0.2) is 7.11 Å². The number of halogens is 1. The molecule has 0 spiro atoms. The SMILES string of the molecule is COCc1ccc(-c2ccc([C@H]3CC[C@H](C=CF)CC3)cc2)cc1. The lowest BCUT2D eigenvalue weighted by Crippen LogP contribution is -2.11. The molecule has 126 valence electrons. The molecule has 0 aromatic heterocycles. The predicted octanol–water partition coefficient (Wildman–Crippen LogP) is 6.26. The van der Waals surface area contributed by atoms with E-state index in [1.807, 2.05) is 0 Å². The third-order valence-corrected chi connectivity index (χ3v) is 5.10. The maximum atomic E-state index is 12.3. The van der Waals surface area contributed by atoms with E-state index in [0.29, 0.717) is 24.8 Å². The predicted molar refractivity (Wildman–Crippen MR) is 97.5 cm³/mol. The van der Waals surface area contributed by atoms with Crippen LogP contribution in [0.4, 0.5) is 4.39 Å². The Bertz CT molecular complexity index is 649. The van der Waals surface area contributed by atoms with E-state index in [2.05, 4.69) is 48.5 Å². The van der Waals surface area contributed by atoms with Crippen LogP contribution in [0.15, 0.2) is 60.9 Å². The van der Waals surface area contributed by atoms with Gasteiger partial charge < -0.3 is 4.74 Å². The molecule has 0 bridgehead atoms. The van der Waals surface area contributed by atoms with Gasteiger partial charge in [0.25, 0.3) is 0 Å². The molecule has 1 saturated carbocycles. The van der Waals surface area contributed by atoms with Crippen molar-refractivity contribution in [3.05, 3.63) is 72.1 Å². The van der Waals surface area contributed by atoms with Gasteiger partial charge in [-0.1, -0.05) is 54.6 Å². The lowest BCUT2D eigenvalue weighted by Gasteiger charge is -2.27. The molecule has 0 radical (unpaired) electrons. The molecule has 2 heteroatoms. The number of benzene rings is 2. The highest BCUT2D eigenvalue weighted by Gasteiger charge is 2.20. The number of ether oxygens (including phenoxy) is 1. The average molecular weight is 324 g/mol. The molecule has 0 heterocycles. The maximum Gasteiger partial charge on any atom is 0.0829 e. The van der Waals surface area contributed by atoms with Gasteiger partial charge in [-0.15, -0.1) is 0 Å². The van der Waals surface area contributed by atoms with Crippen LogP contribution < -0.4 is 0 Å². The van der Waals surface area contributed by atoms with Crippen LogP contribution >= 0.6 is 0 Å². The third kappa shape index (κ3) is 4.12. The molecule has 0 unspecified atom stereocenters. The Balaban J connectivity index is 1.65. The summed E-state index contributed by atoms with van der Waals surface area (Å²) in [6.45, 7) is 0.652. The molecular formula is C22H25FO. The maximum absolute atomic E-state index is 12.3. The summed E-state index contributed by atoms with van der Waals surface area (Å²) in [5.74, 6) is 1.04. The first-order valence-corrected chi connectivity index (χ1v) is 8.75. The fraction of sp³-hybridized carbons (Fsp3) is 0.364. The molecule has 1 aliphatic rings. The Morgan fingerprint density at radius 3 is 2.04 bits per heavy atom. The summed E-state index contributed by atoms with van der Waals surface area (Å²) < 4.78 is 17.4. The highest BCUT2D eigenvalue weighted by Crippen LogP contribution is 2.37. The van der Waals surface area contributed by atoms with Crippen molar-refractivity contribution in [3.63, 3.8) is 0 Å². The highest BCUT2D eigenvalue weighted by atomic mass is 19.1. The van der Waals surface area contributed by atoms with Crippen molar-refractivity contribution in [3.8, 4) is 11.1 Å². The molecule has 24 heavy (non-hydrogen) atoms. The molecule has 1 nitrogen and oxygen atoms in total. The lowest BCUT2D eigenvalue weighted by molar-refractivity contribution is 0.185. The van der Waals surface area contributed by atoms with Crippen molar-refractivity contribution < 1.29 is 9.13 Å². The molecule has 0 N–H and O–H groups in total. The van der Waals surface area contributed by atoms with Gasteiger partial charge in [-0.25, -0.2) is 4.39 Å². The Labute approximate surface area is 144 Å². The van der Waals surface area contributed by atoms with E-state index < -0.39 is 0 Å². The summed E-state index contributed by atoms with van der Waals surface area (Å²) in [6, 6.07) is 17.5. The number of hydrogen-bond acceptors (Lipinski definition) is 1. The van der Waals surface area contributed by atoms with Crippen molar-refractivity contribution in [1.82, 2.24) is 0 Å². The second-order valence-electron chi connectivity index (χ2n) is 6.68. The van der Waals surface area contributed by atoms with Crippen LogP contribution in [0.1, 0.15) is 42.7 Å². The van der Waals surface area contributed by atoms with E-state index >= 15 is 0 Å². The Kier molecular flexibility index (Phi) is 5.81. The first kappa shape index (κ1) is 16.9. The Hall–Kier alpha value is -1.93. The summed E-state index contributed by atoms with van der Waals surface area (Å²) in [4.78, 5) is 0. The topological polar surface area (TPSA) is 9.23 Å². The molecule has 1 fully saturated rings.